The second-order valence-corrected chi connectivity index (χ2v) is 4.55. The summed E-state index contributed by atoms with van der Waals surface area (Å²) in [5, 5.41) is 3.32. The van der Waals surface area contributed by atoms with E-state index in [0.717, 1.165) is 5.56 Å². The van der Waals surface area contributed by atoms with E-state index in [9.17, 15) is 4.79 Å². The second kappa shape index (κ2) is 3.54. The molecule has 0 aliphatic rings. The Kier molecular flexibility index (Phi) is 2.38. The predicted molar refractivity (Wildman–Crippen MR) is 60.9 cm³/mol. The van der Waals surface area contributed by atoms with E-state index >= 15 is 0 Å². The molecule has 0 saturated heterocycles. The van der Waals surface area contributed by atoms with Gasteiger partial charge in [0, 0.05) is 11.1 Å². The maximum Gasteiger partial charge on any atom is 0.134 e. The molecule has 1 aromatic carbocycles. The number of aryl methyl sites for hydroxylation is 1. The Bertz CT molecular complexity index is 482. The summed E-state index contributed by atoms with van der Waals surface area (Å²) >= 11 is 1.72. The van der Waals surface area contributed by atoms with Crippen LogP contribution >= 0.6 is 11.3 Å². The van der Waals surface area contributed by atoms with Gasteiger partial charge in [-0.1, -0.05) is 12.1 Å². The number of Topliss-reactive ketones (excluding diaryl/α,β-unsaturated/α-hetero) is 1. The van der Waals surface area contributed by atoms with E-state index in [-0.39, 0.29) is 5.78 Å². The van der Waals surface area contributed by atoms with Crippen LogP contribution in [-0.2, 0) is 11.2 Å². The van der Waals surface area contributed by atoms with E-state index in [1.54, 1.807) is 18.3 Å². The van der Waals surface area contributed by atoms with E-state index in [4.69, 9.17) is 0 Å². The molecule has 0 fully saturated rings. The highest BCUT2D eigenvalue weighted by Crippen LogP contribution is 2.27. The zero-order valence-corrected chi connectivity index (χ0v) is 9.15. The fourth-order valence-corrected chi connectivity index (χ4v) is 2.66. The van der Waals surface area contributed by atoms with Gasteiger partial charge < -0.3 is 0 Å². The SMILES string of the molecule is CC(=O)Cc1csc2cc(C)ccc12. The minimum Gasteiger partial charge on any atom is -0.300 e. The lowest BCUT2D eigenvalue weighted by Crippen LogP contribution is -1.94. The van der Waals surface area contributed by atoms with Crippen molar-refractivity contribution in [1.82, 2.24) is 0 Å². The van der Waals surface area contributed by atoms with Crippen LogP contribution in [0.1, 0.15) is 18.1 Å². The van der Waals surface area contributed by atoms with Gasteiger partial charge in [0.05, 0.1) is 0 Å². The fraction of sp³-hybridized carbons (Fsp3) is 0.250. The van der Waals surface area contributed by atoms with Crippen molar-refractivity contribution in [1.29, 1.82) is 0 Å². The van der Waals surface area contributed by atoms with Crippen molar-refractivity contribution < 1.29 is 4.79 Å². The molecule has 0 aliphatic heterocycles. The van der Waals surface area contributed by atoms with Crippen LogP contribution < -0.4 is 0 Å². The molecule has 0 spiro atoms. The minimum absolute atomic E-state index is 0.227. The first kappa shape index (κ1) is 9.41. The molecule has 2 rings (SSSR count). The highest BCUT2D eigenvalue weighted by Gasteiger charge is 2.05. The van der Waals surface area contributed by atoms with Gasteiger partial charge in [-0.25, -0.2) is 0 Å². The van der Waals surface area contributed by atoms with E-state index in [1.165, 1.54) is 15.6 Å². The van der Waals surface area contributed by atoms with Gasteiger partial charge in [0.2, 0.25) is 0 Å². The third-order valence-electron chi connectivity index (χ3n) is 2.25. The molecule has 14 heavy (non-hydrogen) atoms. The molecule has 0 aliphatic carbocycles. The largest absolute Gasteiger partial charge is 0.300 e. The van der Waals surface area contributed by atoms with Gasteiger partial charge in [-0.2, -0.15) is 0 Å². The van der Waals surface area contributed by atoms with Gasteiger partial charge in [-0.3, -0.25) is 4.79 Å². The van der Waals surface area contributed by atoms with Gasteiger partial charge in [0.25, 0.3) is 0 Å². The average molecular weight is 204 g/mol. The molecule has 0 unspecified atom stereocenters. The summed E-state index contributed by atoms with van der Waals surface area (Å²) in [7, 11) is 0. The lowest BCUT2D eigenvalue weighted by molar-refractivity contribution is -0.116. The topological polar surface area (TPSA) is 17.1 Å². The number of rotatable bonds is 2. The van der Waals surface area contributed by atoms with Crippen molar-refractivity contribution in [3.8, 4) is 0 Å². The number of hydrogen-bond donors (Lipinski definition) is 0. The molecular formula is C12H12OS. The third kappa shape index (κ3) is 1.70. The molecule has 2 heteroatoms. The molecule has 0 amide bonds. The van der Waals surface area contributed by atoms with Crippen LogP contribution in [0, 0.1) is 6.92 Å². The normalized spacial score (nSPS) is 10.7. The van der Waals surface area contributed by atoms with Gasteiger partial charge in [-0.05, 0) is 41.8 Å². The Hall–Kier alpha value is -1.15. The molecule has 1 heterocycles. The number of hydrogen-bond acceptors (Lipinski definition) is 2. The van der Waals surface area contributed by atoms with E-state index < -0.39 is 0 Å². The molecule has 0 N–H and O–H groups in total. The van der Waals surface area contributed by atoms with Crippen LogP contribution in [0.3, 0.4) is 0 Å². The van der Waals surface area contributed by atoms with Crippen LogP contribution in [0.5, 0.6) is 0 Å². The Balaban J connectivity index is 2.52. The monoisotopic (exact) mass is 204 g/mol. The minimum atomic E-state index is 0.227. The van der Waals surface area contributed by atoms with Crippen molar-refractivity contribution in [2.45, 2.75) is 20.3 Å². The quantitative estimate of drug-likeness (QED) is 0.733. The standard InChI is InChI=1S/C12H12OS/c1-8-3-4-11-10(6-9(2)13)7-14-12(11)5-8/h3-5,7H,6H2,1-2H3. The Morgan fingerprint density at radius 3 is 2.93 bits per heavy atom. The average Bonchev–Trinajstić information content (AvgIpc) is 2.47. The first-order chi connectivity index (χ1) is 6.66. The summed E-state index contributed by atoms with van der Waals surface area (Å²) in [5.74, 6) is 0.227. The summed E-state index contributed by atoms with van der Waals surface area (Å²) in [6.07, 6.45) is 0.559. The van der Waals surface area contributed by atoms with Gasteiger partial charge >= 0.3 is 0 Å². The van der Waals surface area contributed by atoms with Gasteiger partial charge in [0.15, 0.2) is 0 Å². The summed E-state index contributed by atoms with van der Waals surface area (Å²) in [6.45, 7) is 3.72. The summed E-state index contributed by atoms with van der Waals surface area (Å²) in [5.41, 5.74) is 2.44. The summed E-state index contributed by atoms with van der Waals surface area (Å²) < 4.78 is 1.28. The maximum absolute atomic E-state index is 11.0. The van der Waals surface area contributed by atoms with Crippen molar-refractivity contribution in [3.63, 3.8) is 0 Å². The number of ketones is 1. The zero-order valence-electron chi connectivity index (χ0n) is 8.33. The molecule has 1 nitrogen and oxygen atoms in total. The third-order valence-corrected chi connectivity index (χ3v) is 3.24. The van der Waals surface area contributed by atoms with Gasteiger partial charge in [-0.15, -0.1) is 11.3 Å². The molecule has 2 aromatic rings. The number of carbonyl (C=O) groups excluding carboxylic acids is 1. The van der Waals surface area contributed by atoms with Gasteiger partial charge in [0.1, 0.15) is 5.78 Å². The van der Waals surface area contributed by atoms with Crippen LogP contribution in [0.15, 0.2) is 23.6 Å². The number of thiophene rings is 1. The molecular weight excluding hydrogens is 192 g/mol. The zero-order chi connectivity index (χ0) is 10.1. The maximum atomic E-state index is 11.0. The summed E-state index contributed by atoms with van der Waals surface area (Å²) in [4.78, 5) is 11.0. The second-order valence-electron chi connectivity index (χ2n) is 3.64. The lowest BCUT2D eigenvalue weighted by Gasteiger charge is -1.96. The number of benzene rings is 1. The molecule has 72 valence electrons. The van der Waals surface area contributed by atoms with Crippen molar-refractivity contribution in [2.75, 3.05) is 0 Å². The predicted octanol–water partition coefficient (Wildman–Crippen LogP) is 3.34. The van der Waals surface area contributed by atoms with Crippen LogP contribution in [0.25, 0.3) is 10.1 Å². The van der Waals surface area contributed by atoms with Crippen LogP contribution in [-0.4, -0.2) is 5.78 Å². The lowest BCUT2D eigenvalue weighted by atomic mass is 10.1. The molecule has 1 aromatic heterocycles. The van der Waals surface area contributed by atoms with E-state index in [0.29, 0.717) is 6.42 Å². The van der Waals surface area contributed by atoms with Crippen molar-refractivity contribution in [3.05, 3.63) is 34.7 Å². The first-order valence-electron chi connectivity index (χ1n) is 4.63. The first-order valence-corrected chi connectivity index (χ1v) is 5.51. The molecule has 0 radical (unpaired) electrons. The molecule has 0 bridgehead atoms. The Labute approximate surface area is 87.4 Å². The van der Waals surface area contributed by atoms with Crippen molar-refractivity contribution in [2.24, 2.45) is 0 Å². The van der Waals surface area contributed by atoms with Crippen LogP contribution in [0.4, 0.5) is 0 Å². The highest BCUT2D eigenvalue weighted by atomic mass is 32.1. The Morgan fingerprint density at radius 2 is 2.21 bits per heavy atom. The van der Waals surface area contributed by atoms with E-state index in [1.807, 2.05) is 0 Å². The summed E-state index contributed by atoms with van der Waals surface area (Å²) in [6, 6.07) is 6.38. The number of carbonyl (C=O) groups is 1. The van der Waals surface area contributed by atoms with Crippen molar-refractivity contribution >= 4 is 27.2 Å². The molecule has 0 saturated carbocycles. The highest BCUT2D eigenvalue weighted by molar-refractivity contribution is 7.17. The number of fused-ring (bicyclic) bond motifs is 1. The smallest absolute Gasteiger partial charge is 0.134 e. The van der Waals surface area contributed by atoms with Crippen LogP contribution in [0.2, 0.25) is 0 Å². The molecule has 0 atom stereocenters. The fourth-order valence-electron chi connectivity index (χ4n) is 1.60. The van der Waals surface area contributed by atoms with E-state index in [2.05, 4.69) is 30.5 Å². The Morgan fingerprint density at radius 1 is 1.43 bits per heavy atom.